The molecule has 1 aromatic carbocycles. The minimum Gasteiger partial charge on any atom is -0.437 e. The normalized spacial score (nSPS) is 10.7. The first-order valence-electron chi connectivity index (χ1n) is 7.56. The van der Waals surface area contributed by atoms with E-state index in [1.807, 2.05) is 0 Å². The molecule has 1 amide bonds. The Hall–Kier alpha value is -3.88. The summed E-state index contributed by atoms with van der Waals surface area (Å²) in [6, 6.07) is 12.1. The number of aromatic nitrogens is 5. The summed E-state index contributed by atoms with van der Waals surface area (Å²) in [5.74, 6) is -0.157. The summed E-state index contributed by atoms with van der Waals surface area (Å²) in [4.78, 5) is 16.6. The number of anilines is 1. The van der Waals surface area contributed by atoms with Crippen molar-refractivity contribution in [2.24, 2.45) is 0 Å². The molecule has 0 saturated carbocycles. The number of nitrogens with zero attached hydrogens (tertiary/aromatic N) is 5. The number of amides is 1. The zero-order valence-corrected chi connectivity index (χ0v) is 13.2. The number of benzene rings is 1. The second-order valence-electron chi connectivity index (χ2n) is 5.27. The van der Waals surface area contributed by atoms with Gasteiger partial charge in [0, 0.05) is 12.4 Å². The third kappa shape index (κ3) is 3.18. The van der Waals surface area contributed by atoms with E-state index in [0.29, 0.717) is 22.6 Å². The molecule has 4 rings (SSSR count). The van der Waals surface area contributed by atoms with Crippen molar-refractivity contribution in [3.8, 4) is 11.6 Å². The molecular formula is C17H11FN6O2. The SMILES string of the molecule is O=C(Nc1cccnc1Oc1ccc(F)cc1)c1ccc2nnnn2c1. The second kappa shape index (κ2) is 6.55. The predicted molar refractivity (Wildman–Crippen MR) is 89.4 cm³/mol. The quantitative estimate of drug-likeness (QED) is 0.608. The van der Waals surface area contributed by atoms with Crippen LogP contribution in [-0.2, 0) is 0 Å². The molecule has 1 N–H and O–H groups in total. The molecule has 26 heavy (non-hydrogen) atoms. The molecule has 8 nitrogen and oxygen atoms in total. The smallest absolute Gasteiger partial charge is 0.257 e. The highest BCUT2D eigenvalue weighted by Gasteiger charge is 2.13. The largest absolute Gasteiger partial charge is 0.437 e. The summed E-state index contributed by atoms with van der Waals surface area (Å²) in [5, 5.41) is 13.8. The minimum absolute atomic E-state index is 0.191. The molecule has 0 aliphatic heterocycles. The molecule has 0 aliphatic carbocycles. The zero-order valence-electron chi connectivity index (χ0n) is 13.2. The van der Waals surface area contributed by atoms with Crippen LogP contribution in [0.2, 0.25) is 0 Å². The van der Waals surface area contributed by atoms with Crippen LogP contribution in [0.25, 0.3) is 5.65 Å². The molecule has 0 spiro atoms. The molecule has 3 heterocycles. The standard InChI is InChI=1S/C17H11FN6O2/c18-12-4-6-13(7-5-12)26-17-14(2-1-9-19-17)20-16(25)11-3-8-15-21-22-23-24(15)10-11/h1-10H,(H,20,25). The van der Waals surface area contributed by atoms with E-state index in [-0.39, 0.29) is 17.6 Å². The fourth-order valence-corrected chi connectivity index (χ4v) is 2.25. The lowest BCUT2D eigenvalue weighted by Gasteiger charge is -2.11. The Morgan fingerprint density at radius 1 is 1.12 bits per heavy atom. The van der Waals surface area contributed by atoms with Crippen molar-refractivity contribution < 1.29 is 13.9 Å². The fraction of sp³-hybridized carbons (Fsp3) is 0. The van der Waals surface area contributed by atoms with Crippen LogP contribution in [0, 0.1) is 5.82 Å². The Morgan fingerprint density at radius 2 is 1.96 bits per heavy atom. The van der Waals surface area contributed by atoms with Crippen molar-refractivity contribution in [2.75, 3.05) is 5.32 Å². The lowest BCUT2D eigenvalue weighted by molar-refractivity contribution is 0.102. The number of halogens is 1. The fourth-order valence-electron chi connectivity index (χ4n) is 2.25. The van der Waals surface area contributed by atoms with Gasteiger partial charge < -0.3 is 10.1 Å². The number of hydrogen-bond acceptors (Lipinski definition) is 6. The summed E-state index contributed by atoms with van der Waals surface area (Å²) < 4.78 is 20.0. The second-order valence-corrected chi connectivity index (χ2v) is 5.27. The highest BCUT2D eigenvalue weighted by Crippen LogP contribution is 2.27. The first-order valence-corrected chi connectivity index (χ1v) is 7.56. The van der Waals surface area contributed by atoms with Crippen LogP contribution in [-0.4, -0.2) is 30.9 Å². The highest BCUT2D eigenvalue weighted by molar-refractivity contribution is 6.04. The van der Waals surface area contributed by atoms with Crippen molar-refractivity contribution in [2.45, 2.75) is 0 Å². The molecule has 0 saturated heterocycles. The van der Waals surface area contributed by atoms with Gasteiger partial charge in [-0.15, -0.1) is 5.10 Å². The number of pyridine rings is 2. The van der Waals surface area contributed by atoms with E-state index in [1.165, 1.54) is 41.2 Å². The van der Waals surface area contributed by atoms with Gasteiger partial charge in [-0.2, -0.15) is 4.52 Å². The summed E-state index contributed by atoms with van der Waals surface area (Å²) in [5.41, 5.74) is 1.27. The van der Waals surface area contributed by atoms with E-state index < -0.39 is 0 Å². The maximum Gasteiger partial charge on any atom is 0.257 e. The van der Waals surface area contributed by atoms with Crippen LogP contribution in [0.15, 0.2) is 60.9 Å². The van der Waals surface area contributed by atoms with E-state index in [4.69, 9.17) is 4.74 Å². The predicted octanol–water partition coefficient (Wildman–Crippen LogP) is 2.70. The van der Waals surface area contributed by atoms with Crippen LogP contribution in [0.5, 0.6) is 11.6 Å². The van der Waals surface area contributed by atoms with Gasteiger partial charge in [0.2, 0.25) is 5.88 Å². The van der Waals surface area contributed by atoms with Crippen molar-refractivity contribution in [3.63, 3.8) is 0 Å². The average molecular weight is 350 g/mol. The lowest BCUT2D eigenvalue weighted by Crippen LogP contribution is -2.13. The molecule has 128 valence electrons. The highest BCUT2D eigenvalue weighted by atomic mass is 19.1. The molecule has 0 radical (unpaired) electrons. The topological polar surface area (TPSA) is 94.3 Å². The Balaban J connectivity index is 1.57. The van der Waals surface area contributed by atoms with Gasteiger partial charge in [-0.3, -0.25) is 4.79 Å². The molecule has 0 bridgehead atoms. The van der Waals surface area contributed by atoms with Gasteiger partial charge in [0.15, 0.2) is 5.65 Å². The van der Waals surface area contributed by atoms with Crippen LogP contribution in [0.4, 0.5) is 10.1 Å². The third-order valence-electron chi connectivity index (χ3n) is 3.50. The number of ether oxygens (including phenoxy) is 1. The van der Waals surface area contributed by atoms with Crippen molar-refractivity contribution in [3.05, 3.63) is 72.3 Å². The number of tetrazole rings is 1. The number of carbonyl (C=O) groups is 1. The molecule has 0 atom stereocenters. The third-order valence-corrected chi connectivity index (χ3v) is 3.50. The van der Waals surface area contributed by atoms with Gasteiger partial charge in [-0.05, 0) is 59.0 Å². The molecular weight excluding hydrogens is 339 g/mol. The number of hydrogen-bond donors (Lipinski definition) is 1. The molecule has 3 aromatic heterocycles. The van der Waals surface area contributed by atoms with E-state index in [0.717, 1.165) is 0 Å². The van der Waals surface area contributed by atoms with Gasteiger partial charge >= 0.3 is 0 Å². The number of fused-ring (bicyclic) bond motifs is 1. The van der Waals surface area contributed by atoms with Crippen LogP contribution >= 0.6 is 0 Å². The lowest BCUT2D eigenvalue weighted by atomic mass is 10.2. The van der Waals surface area contributed by atoms with Crippen LogP contribution in [0.3, 0.4) is 0 Å². The van der Waals surface area contributed by atoms with Crippen molar-refractivity contribution in [1.29, 1.82) is 0 Å². The van der Waals surface area contributed by atoms with Gasteiger partial charge in [0.1, 0.15) is 17.3 Å². The first-order chi connectivity index (χ1) is 12.7. The Kier molecular flexibility index (Phi) is 3.94. The van der Waals surface area contributed by atoms with Gasteiger partial charge in [-0.1, -0.05) is 0 Å². The average Bonchev–Trinajstić information content (AvgIpc) is 3.13. The van der Waals surface area contributed by atoms with Crippen molar-refractivity contribution >= 4 is 17.2 Å². The Bertz CT molecular complexity index is 1080. The van der Waals surface area contributed by atoms with Crippen molar-refractivity contribution in [1.82, 2.24) is 25.0 Å². The molecule has 9 heteroatoms. The zero-order chi connectivity index (χ0) is 17.9. The molecule has 4 aromatic rings. The maximum absolute atomic E-state index is 13.0. The number of carbonyl (C=O) groups excluding carboxylic acids is 1. The Morgan fingerprint density at radius 3 is 2.81 bits per heavy atom. The van der Waals surface area contributed by atoms with Gasteiger partial charge in [0.25, 0.3) is 5.91 Å². The maximum atomic E-state index is 13.0. The van der Waals surface area contributed by atoms with E-state index >= 15 is 0 Å². The molecule has 0 unspecified atom stereocenters. The summed E-state index contributed by atoms with van der Waals surface area (Å²) in [7, 11) is 0. The summed E-state index contributed by atoms with van der Waals surface area (Å²) >= 11 is 0. The number of rotatable bonds is 4. The van der Waals surface area contributed by atoms with E-state index in [1.54, 1.807) is 24.3 Å². The van der Waals surface area contributed by atoms with Gasteiger partial charge in [-0.25, -0.2) is 9.37 Å². The van der Waals surface area contributed by atoms with Crippen LogP contribution < -0.4 is 10.1 Å². The van der Waals surface area contributed by atoms with E-state index in [9.17, 15) is 9.18 Å². The van der Waals surface area contributed by atoms with Gasteiger partial charge in [0.05, 0.1) is 5.56 Å². The minimum atomic E-state index is -0.376. The Labute approximate surface area is 146 Å². The molecule has 0 fully saturated rings. The first kappa shape index (κ1) is 15.6. The van der Waals surface area contributed by atoms with E-state index in [2.05, 4.69) is 25.8 Å². The summed E-state index contributed by atoms with van der Waals surface area (Å²) in [6.45, 7) is 0. The van der Waals surface area contributed by atoms with Crippen LogP contribution in [0.1, 0.15) is 10.4 Å². The summed E-state index contributed by atoms with van der Waals surface area (Å²) in [6.07, 6.45) is 3.04. The number of nitrogens with one attached hydrogen (secondary N) is 1. The molecule has 0 aliphatic rings. The monoisotopic (exact) mass is 350 g/mol.